The molecule has 116 valence electrons. The average molecular weight is 305 g/mol. The molecule has 1 spiro atoms. The Morgan fingerprint density at radius 3 is 2.82 bits per heavy atom. The zero-order valence-corrected chi connectivity index (χ0v) is 12.0. The summed E-state index contributed by atoms with van der Waals surface area (Å²) in [7, 11) is 0. The van der Waals surface area contributed by atoms with Gasteiger partial charge in [-0.05, 0) is 25.8 Å². The fourth-order valence-corrected chi connectivity index (χ4v) is 2.96. The Labute approximate surface area is 125 Å². The number of urea groups is 1. The van der Waals surface area contributed by atoms with Gasteiger partial charge in [-0.25, -0.2) is 9.78 Å². The van der Waals surface area contributed by atoms with Gasteiger partial charge in [-0.1, -0.05) is 0 Å². The van der Waals surface area contributed by atoms with Gasteiger partial charge in [0.15, 0.2) is 0 Å². The number of aromatic nitrogens is 1. The molecule has 1 aromatic rings. The second-order valence-electron chi connectivity index (χ2n) is 5.57. The second-order valence-corrected chi connectivity index (χ2v) is 5.57. The number of piperidine rings is 1. The number of nitrogens with zero attached hydrogens (tertiary/aromatic N) is 3. The molecule has 3 amide bonds. The third kappa shape index (κ3) is 2.24. The van der Waals surface area contributed by atoms with Crippen molar-refractivity contribution in [2.24, 2.45) is 0 Å². The molecule has 0 saturated carbocycles. The molecule has 2 fully saturated rings. The normalized spacial score (nSPS) is 24.3. The van der Waals surface area contributed by atoms with Crippen molar-refractivity contribution in [2.45, 2.75) is 25.3 Å². The summed E-state index contributed by atoms with van der Waals surface area (Å²) in [6.45, 7) is 2.46. The van der Waals surface area contributed by atoms with E-state index in [2.05, 4.69) is 15.6 Å². The molecule has 2 N–H and O–H groups in total. The van der Waals surface area contributed by atoms with Crippen molar-refractivity contribution in [3.05, 3.63) is 27.9 Å². The van der Waals surface area contributed by atoms with E-state index in [0.29, 0.717) is 25.1 Å². The van der Waals surface area contributed by atoms with Crippen molar-refractivity contribution in [2.75, 3.05) is 18.0 Å². The molecule has 2 aliphatic heterocycles. The maximum atomic E-state index is 12.0. The number of anilines is 1. The van der Waals surface area contributed by atoms with Crippen LogP contribution in [0.3, 0.4) is 0 Å². The van der Waals surface area contributed by atoms with Crippen molar-refractivity contribution in [3.63, 3.8) is 0 Å². The van der Waals surface area contributed by atoms with E-state index in [1.807, 2.05) is 0 Å². The number of nitro groups is 1. The van der Waals surface area contributed by atoms with E-state index >= 15 is 0 Å². The third-order valence-electron chi connectivity index (χ3n) is 4.00. The summed E-state index contributed by atoms with van der Waals surface area (Å²) in [6.07, 6.45) is 1.13. The van der Waals surface area contributed by atoms with Crippen LogP contribution in [0.4, 0.5) is 16.3 Å². The molecule has 9 heteroatoms. The molecule has 0 bridgehead atoms. The highest BCUT2D eigenvalue weighted by Gasteiger charge is 2.49. The Morgan fingerprint density at radius 2 is 2.18 bits per heavy atom. The Balaban J connectivity index is 1.96. The molecule has 0 aliphatic carbocycles. The van der Waals surface area contributed by atoms with Crippen molar-refractivity contribution >= 4 is 23.4 Å². The topological polar surface area (TPSA) is 117 Å². The number of carbonyl (C=O) groups excluding carboxylic acids is 2. The van der Waals surface area contributed by atoms with Crippen LogP contribution in [0, 0.1) is 17.0 Å². The lowest BCUT2D eigenvalue weighted by Gasteiger charge is -2.38. The van der Waals surface area contributed by atoms with E-state index in [4.69, 9.17) is 0 Å². The van der Waals surface area contributed by atoms with Gasteiger partial charge < -0.3 is 10.2 Å². The van der Waals surface area contributed by atoms with Crippen LogP contribution in [0.25, 0.3) is 0 Å². The minimum Gasteiger partial charge on any atom is -0.348 e. The first kappa shape index (κ1) is 14.2. The highest BCUT2D eigenvalue weighted by molar-refractivity contribution is 6.07. The molecule has 0 aromatic carbocycles. The first-order valence-corrected chi connectivity index (χ1v) is 6.92. The molecule has 1 atom stereocenters. The summed E-state index contributed by atoms with van der Waals surface area (Å²) in [6, 6.07) is 2.45. The van der Waals surface area contributed by atoms with Crippen LogP contribution in [0.5, 0.6) is 0 Å². The van der Waals surface area contributed by atoms with E-state index in [0.717, 1.165) is 0 Å². The Kier molecular flexibility index (Phi) is 3.19. The monoisotopic (exact) mass is 305 g/mol. The van der Waals surface area contributed by atoms with Crippen LogP contribution in [0.15, 0.2) is 12.1 Å². The lowest BCUT2D eigenvalue weighted by molar-refractivity contribution is -0.384. The first-order chi connectivity index (χ1) is 10.4. The zero-order valence-electron chi connectivity index (χ0n) is 12.0. The lowest BCUT2D eigenvalue weighted by Crippen LogP contribution is -2.58. The van der Waals surface area contributed by atoms with E-state index in [1.165, 1.54) is 6.07 Å². The molecular weight excluding hydrogens is 290 g/mol. The summed E-state index contributed by atoms with van der Waals surface area (Å²) in [4.78, 5) is 40.1. The van der Waals surface area contributed by atoms with Crippen LogP contribution in [0.2, 0.25) is 0 Å². The Hall–Kier alpha value is -2.71. The first-order valence-electron chi connectivity index (χ1n) is 6.92. The van der Waals surface area contributed by atoms with Crippen LogP contribution >= 0.6 is 0 Å². The Morgan fingerprint density at radius 1 is 1.41 bits per heavy atom. The number of hydrogen-bond acceptors (Lipinski definition) is 6. The van der Waals surface area contributed by atoms with Crippen molar-refractivity contribution < 1.29 is 14.5 Å². The highest BCUT2D eigenvalue weighted by atomic mass is 16.6. The smallest absolute Gasteiger partial charge is 0.322 e. The van der Waals surface area contributed by atoms with Crippen molar-refractivity contribution in [1.82, 2.24) is 15.6 Å². The number of imide groups is 1. The minimum absolute atomic E-state index is 0.104. The zero-order chi connectivity index (χ0) is 15.9. The quantitative estimate of drug-likeness (QED) is 0.466. The SMILES string of the molecule is Cc1ccc([N+](=O)[O-])c(N2CCCC3(C2)NC(=O)NC3=O)n1. The van der Waals surface area contributed by atoms with Gasteiger partial charge in [0.1, 0.15) is 5.54 Å². The second kappa shape index (κ2) is 4.93. The van der Waals surface area contributed by atoms with E-state index < -0.39 is 22.4 Å². The summed E-state index contributed by atoms with van der Waals surface area (Å²) >= 11 is 0. The number of hydrogen-bond donors (Lipinski definition) is 2. The van der Waals surface area contributed by atoms with E-state index in [-0.39, 0.29) is 18.1 Å². The average Bonchev–Trinajstić information content (AvgIpc) is 2.72. The predicted octanol–water partition coefficient (Wildman–Crippen LogP) is 0.477. The molecule has 3 heterocycles. The van der Waals surface area contributed by atoms with Crippen LogP contribution in [-0.4, -0.2) is 40.5 Å². The van der Waals surface area contributed by atoms with Gasteiger partial charge in [0, 0.05) is 18.3 Å². The third-order valence-corrected chi connectivity index (χ3v) is 4.00. The van der Waals surface area contributed by atoms with Gasteiger partial charge in [0.2, 0.25) is 5.82 Å². The fraction of sp³-hybridized carbons (Fsp3) is 0.462. The van der Waals surface area contributed by atoms with Gasteiger partial charge in [0.05, 0.1) is 11.5 Å². The standard InChI is InChI=1S/C13H15N5O4/c1-8-3-4-9(18(21)22)10(14-8)17-6-2-5-13(7-17)11(19)15-12(20)16-13/h3-4H,2,5-7H2,1H3,(H2,15,16,19,20). The largest absolute Gasteiger partial charge is 0.348 e. The summed E-state index contributed by atoms with van der Waals surface area (Å²) in [5, 5.41) is 16.1. The summed E-state index contributed by atoms with van der Waals surface area (Å²) in [5.41, 5.74) is -0.484. The number of nitrogens with one attached hydrogen (secondary N) is 2. The highest BCUT2D eigenvalue weighted by Crippen LogP contribution is 2.32. The van der Waals surface area contributed by atoms with Crippen molar-refractivity contribution in [3.8, 4) is 0 Å². The van der Waals surface area contributed by atoms with Gasteiger partial charge in [-0.2, -0.15) is 0 Å². The van der Waals surface area contributed by atoms with E-state index in [1.54, 1.807) is 17.9 Å². The van der Waals surface area contributed by atoms with Gasteiger partial charge in [0.25, 0.3) is 5.91 Å². The molecule has 22 heavy (non-hydrogen) atoms. The van der Waals surface area contributed by atoms with E-state index in [9.17, 15) is 19.7 Å². The number of carbonyl (C=O) groups is 2. The molecular formula is C13H15N5O4. The number of aryl methyl sites for hydroxylation is 1. The molecule has 1 aromatic heterocycles. The van der Waals surface area contributed by atoms with Gasteiger partial charge >= 0.3 is 11.7 Å². The molecule has 1 unspecified atom stereocenters. The maximum absolute atomic E-state index is 12.0. The Bertz CT molecular complexity index is 676. The van der Waals surface area contributed by atoms with Crippen LogP contribution in [-0.2, 0) is 4.79 Å². The molecule has 3 rings (SSSR count). The molecule has 0 radical (unpaired) electrons. The number of amides is 3. The van der Waals surface area contributed by atoms with Crippen molar-refractivity contribution in [1.29, 1.82) is 0 Å². The van der Waals surface area contributed by atoms with Crippen LogP contribution in [0.1, 0.15) is 18.5 Å². The van der Waals surface area contributed by atoms with Gasteiger partial charge in [-0.3, -0.25) is 20.2 Å². The lowest BCUT2D eigenvalue weighted by atomic mass is 9.89. The minimum atomic E-state index is -1.03. The summed E-state index contributed by atoms with van der Waals surface area (Å²) < 4.78 is 0. The molecule has 2 aliphatic rings. The molecule has 9 nitrogen and oxygen atoms in total. The number of rotatable bonds is 2. The van der Waals surface area contributed by atoms with Gasteiger partial charge in [-0.15, -0.1) is 0 Å². The molecule has 2 saturated heterocycles. The summed E-state index contributed by atoms with van der Waals surface area (Å²) in [5.74, 6) is -0.157. The van der Waals surface area contributed by atoms with Crippen LogP contribution < -0.4 is 15.5 Å². The predicted molar refractivity (Wildman–Crippen MR) is 76.5 cm³/mol. The maximum Gasteiger partial charge on any atom is 0.322 e. The fourth-order valence-electron chi connectivity index (χ4n) is 2.96. The number of pyridine rings is 1.